The molecule has 0 bridgehead atoms. The summed E-state index contributed by atoms with van der Waals surface area (Å²) in [7, 11) is -1.34. The third-order valence-electron chi connectivity index (χ3n) is 6.83. The molecule has 0 aromatic heterocycles. The van der Waals surface area contributed by atoms with Crippen molar-refractivity contribution in [2.45, 2.75) is 37.6 Å². The van der Waals surface area contributed by atoms with E-state index >= 15 is 0 Å². The topological polar surface area (TPSA) is 66.8 Å². The Balaban J connectivity index is 1.74. The van der Waals surface area contributed by atoms with E-state index in [1.165, 1.54) is 12.1 Å². The standard InChI is InChI=1S/C27H27FN2O3S/c1-3-34(32,33)16-17-4-11-22-23(12-17)25-14-30(2)21(15-31)13-24(25)27(18-5-6-18)29-26(22)19-7-9-20(28)10-8-19/h4,7-15,18,21,27H,3,5-6,16H2,1-2H3/t21?,27-/m0/s1. The van der Waals surface area contributed by atoms with Crippen molar-refractivity contribution in [3.05, 3.63) is 88.4 Å². The third kappa shape index (κ3) is 4.25. The second-order valence-corrected chi connectivity index (χ2v) is 11.6. The molecule has 7 heteroatoms. The molecular weight excluding hydrogens is 451 g/mol. The summed E-state index contributed by atoms with van der Waals surface area (Å²) in [4.78, 5) is 18.9. The van der Waals surface area contributed by atoms with Crippen molar-refractivity contribution in [1.29, 1.82) is 0 Å². The number of sulfone groups is 1. The van der Waals surface area contributed by atoms with E-state index < -0.39 is 9.84 Å². The summed E-state index contributed by atoms with van der Waals surface area (Å²) >= 11 is 0. The van der Waals surface area contributed by atoms with Gasteiger partial charge in [-0.3, -0.25) is 4.99 Å². The Hall–Kier alpha value is -3.06. The predicted molar refractivity (Wildman–Crippen MR) is 132 cm³/mol. The summed E-state index contributed by atoms with van der Waals surface area (Å²) in [5.74, 6) is 0.111. The minimum atomic E-state index is -3.21. The van der Waals surface area contributed by atoms with Crippen LogP contribution < -0.4 is 0 Å². The summed E-state index contributed by atoms with van der Waals surface area (Å²) in [5.41, 5.74) is 6.01. The average molecular weight is 479 g/mol. The maximum absolute atomic E-state index is 13.7. The van der Waals surface area contributed by atoms with Gasteiger partial charge in [0.15, 0.2) is 9.84 Å². The zero-order valence-corrected chi connectivity index (χ0v) is 20.1. The minimum Gasteiger partial charge on any atom is -0.367 e. The molecule has 1 aliphatic carbocycles. The van der Waals surface area contributed by atoms with Gasteiger partial charge in [-0.2, -0.15) is 0 Å². The van der Waals surface area contributed by atoms with E-state index in [2.05, 4.69) is 0 Å². The van der Waals surface area contributed by atoms with Crippen LogP contribution in [0.3, 0.4) is 0 Å². The number of aliphatic imine (C=N–C) groups is 1. The fourth-order valence-electron chi connectivity index (χ4n) is 4.73. The van der Waals surface area contributed by atoms with E-state index in [9.17, 15) is 17.6 Å². The van der Waals surface area contributed by atoms with Crippen LogP contribution in [-0.4, -0.2) is 50.2 Å². The molecule has 176 valence electrons. The second kappa shape index (κ2) is 8.62. The molecule has 1 fully saturated rings. The van der Waals surface area contributed by atoms with E-state index in [1.54, 1.807) is 19.1 Å². The Kier molecular flexibility index (Phi) is 5.76. The summed E-state index contributed by atoms with van der Waals surface area (Å²) in [6, 6.07) is 11.5. The van der Waals surface area contributed by atoms with Crippen molar-refractivity contribution in [2.24, 2.45) is 10.9 Å². The van der Waals surface area contributed by atoms with E-state index in [1.807, 2.05) is 42.4 Å². The smallest absolute Gasteiger partial charge is 0.154 e. The molecule has 1 unspecified atom stereocenters. The molecule has 5 rings (SSSR count). The molecule has 0 spiro atoms. The molecule has 5 nitrogen and oxygen atoms in total. The number of nitrogens with zero attached hydrogens (tertiary/aromatic N) is 2. The number of carbonyl (C=O) groups excluding carboxylic acids is 1. The molecule has 0 radical (unpaired) electrons. The molecule has 0 N–H and O–H groups in total. The van der Waals surface area contributed by atoms with Crippen LogP contribution in [0.25, 0.3) is 5.57 Å². The predicted octanol–water partition coefficient (Wildman–Crippen LogP) is 4.17. The number of benzene rings is 2. The third-order valence-corrected chi connectivity index (χ3v) is 8.49. The Bertz CT molecular complexity index is 1340. The first kappa shape index (κ1) is 22.7. The summed E-state index contributed by atoms with van der Waals surface area (Å²) < 4.78 is 38.4. The molecule has 2 aromatic carbocycles. The van der Waals surface area contributed by atoms with Gasteiger partial charge in [0.1, 0.15) is 18.1 Å². The van der Waals surface area contributed by atoms with Crippen molar-refractivity contribution in [1.82, 2.24) is 4.90 Å². The van der Waals surface area contributed by atoms with Gasteiger partial charge in [0.25, 0.3) is 0 Å². The van der Waals surface area contributed by atoms with Gasteiger partial charge in [0.05, 0.1) is 17.5 Å². The van der Waals surface area contributed by atoms with Gasteiger partial charge in [-0.1, -0.05) is 19.1 Å². The van der Waals surface area contributed by atoms with Crippen LogP contribution >= 0.6 is 0 Å². The number of hydrogen-bond donors (Lipinski definition) is 0. The lowest BCUT2D eigenvalue weighted by molar-refractivity contribution is -0.110. The lowest BCUT2D eigenvalue weighted by Crippen LogP contribution is -2.32. The maximum Gasteiger partial charge on any atom is 0.154 e. The van der Waals surface area contributed by atoms with Crippen LogP contribution in [0, 0.1) is 11.7 Å². The Labute approximate surface area is 199 Å². The summed E-state index contributed by atoms with van der Waals surface area (Å²) in [6.45, 7) is 1.65. The monoisotopic (exact) mass is 478 g/mol. The molecule has 1 saturated carbocycles. The number of carbonyl (C=O) groups is 1. The molecular formula is C27H27FN2O3S. The van der Waals surface area contributed by atoms with Crippen molar-refractivity contribution in [3.63, 3.8) is 0 Å². The zero-order valence-electron chi connectivity index (χ0n) is 19.2. The molecule has 0 amide bonds. The fourth-order valence-corrected chi connectivity index (χ4v) is 5.62. The number of halogens is 1. The SMILES string of the molecule is CCS(=O)(=O)Cc1ccc2c(c1)C1=CN(C)C(C=O)C=C1[C@H](C1CC1)N=C2c1ccc(F)cc1. The molecule has 2 aliphatic heterocycles. The first-order valence-corrected chi connectivity index (χ1v) is 13.4. The highest BCUT2D eigenvalue weighted by molar-refractivity contribution is 7.90. The number of fused-ring (bicyclic) bond motifs is 3. The van der Waals surface area contributed by atoms with E-state index in [0.29, 0.717) is 11.5 Å². The second-order valence-electron chi connectivity index (χ2n) is 9.28. The number of aldehydes is 1. The van der Waals surface area contributed by atoms with Crippen LogP contribution in [0.5, 0.6) is 0 Å². The Morgan fingerprint density at radius 1 is 1.12 bits per heavy atom. The number of rotatable bonds is 6. The van der Waals surface area contributed by atoms with Gasteiger partial charge in [-0.05, 0) is 71.9 Å². The maximum atomic E-state index is 13.7. The normalized spacial score (nSPS) is 22.1. The molecule has 3 aliphatic rings. The first-order chi connectivity index (χ1) is 16.3. The Morgan fingerprint density at radius 3 is 2.50 bits per heavy atom. The average Bonchev–Trinajstić information content (AvgIpc) is 3.66. The molecule has 2 heterocycles. The van der Waals surface area contributed by atoms with Crippen LogP contribution in [0.4, 0.5) is 4.39 Å². The van der Waals surface area contributed by atoms with E-state index in [0.717, 1.165) is 52.7 Å². The lowest BCUT2D eigenvalue weighted by atomic mass is 9.85. The highest BCUT2D eigenvalue weighted by Crippen LogP contribution is 2.46. The summed E-state index contributed by atoms with van der Waals surface area (Å²) in [5, 5.41) is 0. The number of hydrogen-bond acceptors (Lipinski definition) is 5. The van der Waals surface area contributed by atoms with E-state index in [4.69, 9.17) is 4.99 Å². The van der Waals surface area contributed by atoms with Crippen LogP contribution in [0.2, 0.25) is 0 Å². The quantitative estimate of drug-likeness (QED) is 0.585. The van der Waals surface area contributed by atoms with Gasteiger partial charge in [-0.25, -0.2) is 12.8 Å². The minimum absolute atomic E-state index is 0.0367. The zero-order chi connectivity index (χ0) is 24.0. The number of likely N-dealkylation sites (N-methyl/N-ethyl adjacent to an activating group) is 1. The molecule has 2 aromatic rings. The highest BCUT2D eigenvalue weighted by Gasteiger charge is 2.39. The summed E-state index contributed by atoms with van der Waals surface area (Å²) in [6.07, 6.45) is 7.01. The van der Waals surface area contributed by atoms with E-state index in [-0.39, 0.29) is 29.4 Å². The van der Waals surface area contributed by atoms with Gasteiger partial charge < -0.3 is 9.69 Å². The Morgan fingerprint density at radius 2 is 1.85 bits per heavy atom. The lowest BCUT2D eigenvalue weighted by Gasteiger charge is -2.30. The van der Waals surface area contributed by atoms with Crippen molar-refractivity contribution in [3.8, 4) is 0 Å². The van der Waals surface area contributed by atoms with Gasteiger partial charge in [-0.15, -0.1) is 0 Å². The van der Waals surface area contributed by atoms with Gasteiger partial charge >= 0.3 is 0 Å². The van der Waals surface area contributed by atoms with Crippen LogP contribution in [-0.2, 0) is 20.4 Å². The molecule has 34 heavy (non-hydrogen) atoms. The largest absolute Gasteiger partial charge is 0.367 e. The molecule has 2 atom stereocenters. The van der Waals surface area contributed by atoms with Crippen molar-refractivity contribution < 1.29 is 17.6 Å². The van der Waals surface area contributed by atoms with Gasteiger partial charge in [0, 0.05) is 35.7 Å². The van der Waals surface area contributed by atoms with Crippen LogP contribution in [0.1, 0.15) is 42.0 Å². The highest BCUT2D eigenvalue weighted by atomic mass is 32.2. The fraction of sp³-hybridized carbons (Fsp3) is 0.333. The van der Waals surface area contributed by atoms with Crippen molar-refractivity contribution >= 4 is 27.4 Å². The molecule has 0 saturated heterocycles. The first-order valence-electron chi connectivity index (χ1n) is 11.6. The van der Waals surface area contributed by atoms with Gasteiger partial charge in [0.2, 0.25) is 0 Å². The van der Waals surface area contributed by atoms with Crippen LogP contribution in [0.15, 0.2) is 65.3 Å². The van der Waals surface area contributed by atoms with Crippen molar-refractivity contribution in [2.75, 3.05) is 12.8 Å².